The van der Waals surface area contributed by atoms with Crippen molar-refractivity contribution in [2.45, 2.75) is 20.4 Å². The van der Waals surface area contributed by atoms with Gasteiger partial charge in [-0.1, -0.05) is 22.9 Å². The van der Waals surface area contributed by atoms with Crippen molar-refractivity contribution in [3.05, 3.63) is 52.3 Å². The lowest BCUT2D eigenvalue weighted by Crippen LogP contribution is -2.35. The van der Waals surface area contributed by atoms with Crippen molar-refractivity contribution in [1.29, 1.82) is 0 Å². The number of nitrogens with zero attached hydrogens (tertiary/aromatic N) is 5. The van der Waals surface area contributed by atoms with Gasteiger partial charge >= 0.3 is 0 Å². The van der Waals surface area contributed by atoms with E-state index in [1.807, 2.05) is 43.5 Å². The second-order valence-electron chi connectivity index (χ2n) is 6.76. The van der Waals surface area contributed by atoms with Gasteiger partial charge in [0.1, 0.15) is 0 Å². The number of rotatable bonds is 5. The molecular formula is C19H22N6O2S. The highest BCUT2D eigenvalue weighted by molar-refractivity contribution is 7.13. The number of carbonyl (C=O) groups is 1. The van der Waals surface area contributed by atoms with Crippen molar-refractivity contribution in [2.75, 3.05) is 31.6 Å². The lowest BCUT2D eigenvalue weighted by molar-refractivity contribution is 0.0337. The summed E-state index contributed by atoms with van der Waals surface area (Å²) in [5.74, 6) is -0.303. The molecule has 1 N–H and O–H groups in total. The number of hydrogen-bond acceptors (Lipinski definition) is 7. The zero-order valence-corrected chi connectivity index (χ0v) is 16.7. The Kier molecular flexibility index (Phi) is 5.47. The molecular weight excluding hydrogens is 376 g/mol. The number of amides is 1. The van der Waals surface area contributed by atoms with E-state index < -0.39 is 0 Å². The molecule has 0 radical (unpaired) electrons. The Bertz CT molecular complexity index is 959. The van der Waals surface area contributed by atoms with Crippen LogP contribution < -0.4 is 5.32 Å². The van der Waals surface area contributed by atoms with Crippen LogP contribution in [-0.4, -0.2) is 57.1 Å². The third-order valence-corrected chi connectivity index (χ3v) is 5.46. The summed E-state index contributed by atoms with van der Waals surface area (Å²) in [4.78, 5) is 19.5. The molecule has 2 aromatic heterocycles. The maximum atomic E-state index is 12.6. The predicted molar refractivity (Wildman–Crippen MR) is 107 cm³/mol. The van der Waals surface area contributed by atoms with Crippen LogP contribution in [0.4, 0.5) is 5.13 Å². The van der Waals surface area contributed by atoms with Crippen LogP contribution in [0.3, 0.4) is 0 Å². The summed E-state index contributed by atoms with van der Waals surface area (Å²) in [5, 5.41) is 13.6. The minimum absolute atomic E-state index is 0.297. The van der Waals surface area contributed by atoms with Gasteiger partial charge in [0.25, 0.3) is 5.91 Å². The van der Waals surface area contributed by atoms with Crippen LogP contribution in [0, 0.1) is 13.8 Å². The summed E-state index contributed by atoms with van der Waals surface area (Å²) in [6.45, 7) is 7.94. The monoisotopic (exact) mass is 398 g/mol. The molecule has 8 nitrogen and oxygen atoms in total. The lowest BCUT2D eigenvalue weighted by Gasteiger charge is -2.25. The van der Waals surface area contributed by atoms with Crippen LogP contribution in [0.5, 0.6) is 0 Å². The minimum Gasteiger partial charge on any atom is -0.379 e. The van der Waals surface area contributed by atoms with Gasteiger partial charge in [0.15, 0.2) is 10.8 Å². The summed E-state index contributed by atoms with van der Waals surface area (Å²) < 4.78 is 7.03. The van der Waals surface area contributed by atoms with Crippen molar-refractivity contribution < 1.29 is 9.53 Å². The highest BCUT2D eigenvalue weighted by atomic mass is 32.1. The van der Waals surface area contributed by atoms with E-state index in [9.17, 15) is 4.79 Å². The maximum absolute atomic E-state index is 12.6. The number of nitrogens with one attached hydrogen (secondary N) is 1. The summed E-state index contributed by atoms with van der Waals surface area (Å²) in [6.07, 6.45) is 0. The summed E-state index contributed by atoms with van der Waals surface area (Å²) in [6, 6.07) is 7.92. The van der Waals surface area contributed by atoms with E-state index in [1.165, 1.54) is 11.3 Å². The Balaban J connectivity index is 1.43. The zero-order valence-electron chi connectivity index (χ0n) is 15.9. The van der Waals surface area contributed by atoms with E-state index in [1.54, 1.807) is 4.68 Å². The van der Waals surface area contributed by atoms with Crippen LogP contribution in [-0.2, 0) is 11.3 Å². The Morgan fingerprint density at radius 1 is 1.21 bits per heavy atom. The first-order chi connectivity index (χ1) is 13.6. The summed E-state index contributed by atoms with van der Waals surface area (Å²) in [5.41, 5.74) is 3.96. The molecule has 0 aliphatic carbocycles. The van der Waals surface area contributed by atoms with Gasteiger partial charge in [-0.05, 0) is 26.0 Å². The molecule has 0 bridgehead atoms. The molecule has 1 fully saturated rings. The third kappa shape index (κ3) is 4.11. The van der Waals surface area contributed by atoms with Crippen LogP contribution in [0.1, 0.15) is 27.4 Å². The Hall–Kier alpha value is -2.62. The molecule has 3 heterocycles. The molecule has 146 valence electrons. The highest BCUT2D eigenvalue weighted by Gasteiger charge is 2.19. The molecule has 1 amide bonds. The fourth-order valence-corrected chi connectivity index (χ4v) is 3.75. The second kappa shape index (κ2) is 8.17. The molecule has 0 atom stereocenters. The van der Waals surface area contributed by atoms with E-state index in [-0.39, 0.29) is 5.91 Å². The number of hydrogen-bond donors (Lipinski definition) is 1. The standard InChI is InChI=1S/C19H22N6O2S/c1-13-3-5-16(6-4-13)25-14(2)17(22-23-25)18(26)21-19-20-15(12-28-19)11-24-7-9-27-10-8-24/h3-6,12H,7-11H2,1-2H3,(H,20,21,26). The first kappa shape index (κ1) is 18.7. The molecule has 1 saturated heterocycles. The van der Waals surface area contributed by atoms with Gasteiger partial charge in [0, 0.05) is 25.0 Å². The number of aromatic nitrogens is 4. The second-order valence-corrected chi connectivity index (χ2v) is 7.62. The Labute approximate surface area is 167 Å². The molecule has 28 heavy (non-hydrogen) atoms. The quantitative estimate of drug-likeness (QED) is 0.711. The van der Waals surface area contributed by atoms with Crippen molar-refractivity contribution in [2.24, 2.45) is 0 Å². The molecule has 3 aromatic rings. The van der Waals surface area contributed by atoms with Crippen LogP contribution in [0.2, 0.25) is 0 Å². The van der Waals surface area contributed by atoms with E-state index in [4.69, 9.17) is 4.74 Å². The van der Waals surface area contributed by atoms with Gasteiger partial charge < -0.3 is 4.74 Å². The average molecular weight is 398 g/mol. The van der Waals surface area contributed by atoms with Gasteiger partial charge in [0.2, 0.25) is 0 Å². The fourth-order valence-electron chi connectivity index (χ4n) is 3.05. The number of benzene rings is 1. The van der Waals surface area contributed by atoms with Crippen LogP contribution in [0.25, 0.3) is 5.69 Å². The predicted octanol–water partition coefficient (Wildman–Crippen LogP) is 2.43. The molecule has 0 saturated carbocycles. The molecule has 1 aromatic carbocycles. The van der Waals surface area contributed by atoms with Crippen molar-refractivity contribution in [3.8, 4) is 5.69 Å². The summed E-state index contributed by atoms with van der Waals surface area (Å²) >= 11 is 1.42. The summed E-state index contributed by atoms with van der Waals surface area (Å²) in [7, 11) is 0. The molecule has 0 spiro atoms. The number of anilines is 1. The largest absolute Gasteiger partial charge is 0.379 e. The maximum Gasteiger partial charge on any atom is 0.279 e. The number of aryl methyl sites for hydroxylation is 1. The fraction of sp³-hybridized carbons (Fsp3) is 0.368. The van der Waals surface area contributed by atoms with Crippen LogP contribution >= 0.6 is 11.3 Å². The van der Waals surface area contributed by atoms with Gasteiger partial charge in [-0.25, -0.2) is 9.67 Å². The van der Waals surface area contributed by atoms with E-state index >= 15 is 0 Å². The van der Waals surface area contributed by atoms with Crippen molar-refractivity contribution >= 4 is 22.4 Å². The normalized spacial score (nSPS) is 14.9. The van der Waals surface area contributed by atoms with Gasteiger partial charge in [-0.3, -0.25) is 15.0 Å². The van der Waals surface area contributed by atoms with Crippen molar-refractivity contribution in [1.82, 2.24) is 24.9 Å². The van der Waals surface area contributed by atoms with Gasteiger partial charge in [-0.2, -0.15) is 0 Å². The first-order valence-corrected chi connectivity index (χ1v) is 10.0. The number of thiazole rings is 1. The smallest absolute Gasteiger partial charge is 0.279 e. The minimum atomic E-state index is -0.303. The number of morpholine rings is 1. The number of carbonyl (C=O) groups excluding carboxylic acids is 1. The molecule has 1 aliphatic heterocycles. The topological polar surface area (TPSA) is 85.2 Å². The molecule has 1 aliphatic rings. The molecule has 9 heteroatoms. The first-order valence-electron chi connectivity index (χ1n) is 9.15. The van der Waals surface area contributed by atoms with E-state index in [2.05, 4.69) is 25.5 Å². The molecule has 0 unspecified atom stereocenters. The third-order valence-electron chi connectivity index (χ3n) is 4.65. The van der Waals surface area contributed by atoms with Gasteiger partial charge in [-0.15, -0.1) is 16.4 Å². The highest BCUT2D eigenvalue weighted by Crippen LogP contribution is 2.19. The van der Waals surface area contributed by atoms with Crippen LogP contribution in [0.15, 0.2) is 29.6 Å². The average Bonchev–Trinajstić information content (AvgIpc) is 3.29. The lowest BCUT2D eigenvalue weighted by atomic mass is 10.2. The Morgan fingerprint density at radius 2 is 1.96 bits per heavy atom. The SMILES string of the molecule is Cc1ccc(-n2nnc(C(=O)Nc3nc(CN4CCOCC4)cs3)c2C)cc1. The zero-order chi connectivity index (χ0) is 19.5. The van der Waals surface area contributed by atoms with Gasteiger partial charge in [0.05, 0.1) is 30.3 Å². The number of ether oxygens (including phenoxy) is 1. The molecule has 4 rings (SSSR count). The Morgan fingerprint density at radius 3 is 2.71 bits per heavy atom. The van der Waals surface area contributed by atoms with E-state index in [0.717, 1.165) is 49.8 Å². The van der Waals surface area contributed by atoms with Crippen molar-refractivity contribution in [3.63, 3.8) is 0 Å². The van der Waals surface area contributed by atoms with E-state index in [0.29, 0.717) is 16.5 Å².